The van der Waals surface area contributed by atoms with E-state index in [1.165, 1.54) is 0 Å². The van der Waals surface area contributed by atoms with Crippen molar-refractivity contribution >= 4 is 5.96 Å². The van der Waals surface area contributed by atoms with Crippen molar-refractivity contribution in [3.8, 4) is 17.2 Å². The van der Waals surface area contributed by atoms with Crippen molar-refractivity contribution in [3.63, 3.8) is 0 Å². The fraction of sp³-hybridized carbons (Fsp3) is 0.667. The minimum Gasteiger partial charge on any atom is -0.493 e. The van der Waals surface area contributed by atoms with Gasteiger partial charge in [0.25, 0.3) is 0 Å². The molecule has 0 radical (unpaired) electrons. The third-order valence-corrected chi connectivity index (χ3v) is 4.60. The highest BCUT2D eigenvalue weighted by molar-refractivity contribution is 5.79. The van der Waals surface area contributed by atoms with E-state index in [9.17, 15) is 0 Å². The maximum Gasteiger partial charge on any atom is 0.203 e. The maximum atomic E-state index is 5.41. The van der Waals surface area contributed by atoms with Crippen LogP contribution in [-0.2, 0) is 6.54 Å². The number of nitrogens with one attached hydrogen (secondary N) is 2. The maximum absolute atomic E-state index is 5.41. The van der Waals surface area contributed by atoms with Gasteiger partial charge in [0.05, 0.1) is 27.9 Å². The van der Waals surface area contributed by atoms with Crippen molar-refractivity contribution in [2.75, 3.05) is 48.0 Å². The highest BCUT2D eigenvalue weighted by Gasteiger charge is 2.13. The molecule has 0 unspecified atom stereocenters. The first-order chi connectivity index (χ1) is 13.5. The van der Waals surface area contributed by atoms with Crippen LogP contribution in [0.25, 0.3) is 0 Å². The molecule has 0 aliphatic heterocycles. The van der Waals surface area contributed by atoms with Crippen LogP contribution in [0.2, 0.25) is 0 Å². The van der Waals surface area contributed by atoms with Gasteiger partial charge in [0, 0.05) is 19.1 Å². The molecule has 7 heteroatoms. The van der Waals surface area contributed by atoms with Crippen molar-refractivity contribution < 1.29 is 14.2 Å². The van der Waals surface area contributed by atoms with Crippen LogP contribution in [0.1, 0.15) is 39.2 Å². The van der Waals surface area contributed by atoms with E-state index in [2.05, 4.69) is 48.3 Å². The Morgan fingerprint density at radius 3 is 2.18 bits per heavy atom. The second kappa shape index (κ2) is 13.1. The van der Waals surface area contributed by atoms with Gasteiger partial charge in [-0.15, -0.1) is 0 Å². The summed E-state index contributed by atoms with van der Waals surface area (Å²) in [4.78, 5) is 7.05. The lowest BCUT2D eigenvalue weighted by Gasteiger charge is -2.20. The molecular formula is C21H38N4O3. The lowest BCUT2D eigenvalue weighted by molar-refractivity contribution is 0.268. The first-order valence-electron chi connectivity index (χ1n) is 9.98. The van der Waals surface area contributed by atoms with Crippen LogP contribution in [-0.4, -0.2) is 64.9 Å². The summed E-state index contributed by atoms with van der Waals surface area (Å²) in [5.74, 6) is 2.68. The van der Waals surface area contributed by atoms with Crippen LogP contribution < -0.4 is 24.8 Å². The van der Waals surface area contributed by atoms with Crippen molar-refractivity contribution in [1.29, 1.82) is 0 Å². The number of guanidine groups is 1. The van der Waals surface area contributed by atoms with Crippen LogP contribution in [0.15, 0.2) is 17.1 Å². The van der Waals surface area contributed by atoms with E-state index in [1.54, 1.807) is 21.3 Å². The summed E-state index contributed by atoms with van der Waals surface area (Å²) in [7, 11) is 7.00. The smallest absolute Gasteiger partial charge is 0.203 e. The van der Waals surface area contributed by atoms with E-state index in [1.807, 2.05) is 12.1 Å². The van der Waals surface area contributed by atoms with Gasteiger partial charge in [0.1, 0.15) is 0 Å². The SMILES string of the molecule is CCNC(=NCc1cc(OC)c(OC)c(OC)c1)NCCCCN(C)C(C)C. The number of hydrogen-bond acceptors (Lipinski definition) is 5. The number of ether oxygens (including phenoxy) is 3. The third kappa shape index (κ3) is 7.84. The molecule has 0 aliphatic rings. The van der Waals surface area contributed by atoms with E-state index >= 15 is 0 Å². The molecular weight excluding hydrogens is 356 g/mol. The summed E-state index contributed by atoms with van der Waals surface area (Å²) < 4.78 is 16.2. The number of unbranched alkanes of at least 4 members (excludes halogenated alkanes) is 1. The summed E-state index contributed by atoms with van der Waals surface area (Å²) in [5, 5.41) is 6.70. The van der Waals surface area contributed by atoms with Gasteiger partial charge in [-0.2, -0.15) is 0 Å². The van der Waals surface area contributed by atoms with Crippen LogP contribution in [0, 0.1) is 0 Å². The van der Waals surface area contributed by atoms with Crippen molar-refractivity contribution in [3.05, 3.63) is 17.7 Å². The topological polar surface area (TPSA) is 67.4 Å². The Labute approximate surface area is 170 Å². The highest BCUT2D eigenvalue weighted by atomic mass is 16.5. The molecule has 0 amide bonds. The number of aliphatic imine (C=N–C) groups is 1. The molecule has 0 fully saturated rings. The van der Waals surface area contributed by atoms with Crippen LogP contribution in [0.3, 0.4) is 0 Å². The van der Waals surface area contributed by atoms with Crippen molar-refractivity contribution in [2.45, 2.75) is 46.2 Å². The van der Waals surface area contributed by atoms with E-state index in [-0.39, 0.29) is 0 Å². The van der Waals surface area contributed by atoms with Crippen LogP contribution in [0.4, 0.5) is 0 Å². The zero-order chi connectivity index (χ0) is 20.9. The Kier molecular flexibility index (Phi) is 11.2. The molecule has 0 atom stereocenters. The van der Waals surface area contributed by atoms with Crippen LogP contribution in [0.5, 0.6) is 17.2 Å². The Balaban J connectivity index is 2.66. The largest absolute Gasteiger partial charge is 0.493 e. The van der Waals surface area contributed by atoms with Crippen molar-refractivity contribution in [2.24, 2.45) is 4.99 Å². The standard InChI is InChI=1S/C21H38N4O3/c1-8-22-21(23-11-9-10-12-25(4)16(2)3)24-15-17-13-18(26-5)20(28-7)19(14-17)27-6/h13-14,16H,8-12,15H2,1-7H3,(H2,22,23,24). The monoisotopic (exact) mass is 394 g/mol. The Bertz CT molecular complexity index is 580. The minimum absolute atomic E-state index is 0.516. The average Bonchev–Trinajstić information content (AvgIpc) is 2.70. The van der Waals surface area contributed by atoms with Gasteiger partial charge < -0.3 is 29.7 Å². The molecule has 0 aromatic heterocycles. The van der Waals surface area contributed by atoms with Gasteiger partial charge in [-0.25, -0.2) is 4.99 Å². The average molecular weight is 395 g/mol. The van der Waals surface area contributed by atoms with E-state index in [4.69, 9.17) is 14.2 Å². The Morgan fingerprint density at radius 2 is 1.68 bits per heavy atom. The second-order valence-corrected chi connectivity index (χ2v) is 6.94. The molecule has 1 aromatic rings. The van der Waals surface area contributed by atoms with Crippen molar-refractivity contribution in [1.82, 2.24) is 15.5 Å². The molecule has 28 heavy (non-hydrogen) atoms. The minimum atomic E-state index is 0.516. The lowest BCUT2D eigenvalue weighted by atomic mass is 10.2. The number of rotatable bonds is 12. The fourth-order valence-corrected chi connectivity index (χ4v) is 2.69. The Hall–Kier alpha value is -2.15. The molecule has 0 spiro atoms. The first kappa shape index (κ1) is 23.9. The number of benzene rings is 1. The van der Waals surface area contributed by atoms with Crippen LogP contribution >= 0.6 is 0 Å². The molecule has 160 valence electrons. The zero-order valence-electron chi connectivity index (χ0n) is 18.6. The Morgan fingerprint density at radius 1 is 1.04 bits per heavy atom. The normalized spacial score (nSPS) is 11.7. The van der Waals surface area contributed by atoms with E-state index in [0.29, 0.717) is 29.8 Å². The quantitative estimate of drug-likeness (QED) is 0.323. The van der Waals surface area contributed by atoms with Gasteiger partial charge in [0.2, 0.25) is 5.75 Å². The molecule has 1 rings (SSSR count). The molecule has 1 aromatic carbocycles. The first-order valence-corrected chi connectivity index (χ1v) is 9.98. The highest BCUT2D eigenvalue weighted by Crippen LogP contribution is 2.38. The molecule has 0 bridgehead atoms. The van der Waals surface area contributed by atoms with Gasteiger partial charge in [0.15, 0.2) is 17.5 Å². The summed E-state index contributed by atoms with van der Waals surface area (Å²) in [6, 6.07) is 4.44. The fourth-order valence-electron chi connectivity index (χ4n) is 2.69. The zero-order valence-corrected chi connectivity index (χ0v) is 18.6. The van der Waals surface area contributed by atoms with Gasteiger partial charge in [-0.1, -0.05) is 0 Å². The molecule has 0 aliphatic carbocycles. The molecule has 0 saturated heterocycles. The number of hydrogen-bond donors (Lipinski definition) is 2. The molecule has 7 nitrogen and oxygen atoms in total. The predicted octanol–water partition coefficient (Wildman–Crippen LogP) is 2.89. The number of methoxy groups -OCH3 is 3. The summed E-state index contributed by atoms with van der Waals surface area (Å²) in [5.41, 5.74) is 0.991. The van der Waals surface area contributed by atoms with E-state index < -0.39 is 0 Å². The molecule has 0 heterocycles. The summed E-state index contributed by atoms with van der Waals surface area (Å²) >= 11 is 0. The third-order valence-electron chi connectivity index (χ3n) is 4.60. The van der Waals surface area contributed by atoms with Gasteiger partial charge in [-0.3, -0.25) is 0 Å². The summed E-state index contributed by atoms with van der Waals surface area (Å²) in [6.45, 7) is 9.84. The summed E-state index contributed by atoms with van der Waals surface area (Å²) in [6.07, 6.45) is 2.26. The van der Waals surface area contributed by atoms with Gasteiger partial charge in [-0.05, 0) is 64.9 Å². The molecule has 2 N–H and O–H groups in total. The number of nitrogens with zero attached hydrogens (tertiary/aromatic N) is 2. The van der Waals surface area contributed by atoms with E-state index in [0.717, 1.165) is 44.0 Å². The lowest BCUT2D eigenvalue weighted by Crippen LogP contribution is -2.38. The molecule has 0 saturated carbocycles. The predicted molar refractivity (Wildman–Crippen MR) is 116 cm³/mol. The van der Waals surface area contributed by atoms with Gasteiger partial charge >= 0.3 is 0 Å². The second-order valence-electron chi connectivity index (χ2n) is 6.94.